The Morgan fingerprint density at radius 3 is 2.56 bits per heavy atom. The molecule has 2 aliphatic heterocycles. The first-order valence-corrected chi connectivity index (χ1v) is 10.8. The Kier molecular flexibility index (Phi) is 4.13. The predicted molar refractivity (Wildman–Crippen MR) is 94.6 cm³/mol. The molecule has 4 rings (SSSR count). The summed E-state index contributed by atoms with van der Waals surface area (Å²) in [7, 11) is -1.26. The molecule has 1 aliphatic carbocycles. The van der Waals surface area contributed by atoms with E-state index in [-0.39, 0.29) is 23.6 Å². The lowest BCUT2D eigenvalue weighted by atomic mass is 10.2. The normalized spacial score (nSPS) is 26.0. The van der Waals surface area contributed by atoms with E-state index in [1.807, 2.05) is 4.90 Å². The van der Waals surface area contributed by atoms with Crippen molar-refractivity contribution < 1.29 is 13.2 Å². The molecule has 1 unspecified atom stereocenters. The highest BCUT2D eigenvalue weighted by atomic mass is 32.2. The maximum Gasteiger partial charge on any atom is 0.320 e. The summed E-state index contributed by atoms with van der Waals surface area (Å²) < 4.78 is 23.3. The Hall–Kier alpha value is -1.77. The van der Waals surface area contributed by atoms with Crippen molar-refractivity contribution in [2.45, 2.75) is 31.2 Å². The van der Waals surface area contributed by atoms with Gasteiger partial charge in [0.25, 0.3) is 0 Å². The van der Waals surface area contributed by atoms with Crippen LogP contribution < -0.4 is 4.90 Å². The number of nitrogens with one attached hydrogen (secondary N) is 1. The van der Waals surface area contributed by atoms with Crippen LogP contribution in [0.2, 0.25) is 0 Å². The summed E-state index contributed by atoms with van der Waals surface area (Å²) in [5.74, 6) is 1.89. The Morgan fingerprint density at radius 2 is 1.96 bits per heavy atom. The topological polar surface area (TPSA) is 89.6 Å². The van der Waals surface area contributed by atoms with Crippen molar-refractivity contribution in [1.29, 1.82) is 0 Å². The highest BCUT2D eigenvalue weighted by Crippen LogP contribution is 2.39. The van der Waals surface area contributed by atoms with Gasteiger partial charge in [-0.1, -0.05) is 0 Å². The SMILES string of the molecule is CN(C(=O)N1CCN(c2cc(C3CC3)[nH]n2)CC1)C1CCS(=O)(=O)C1. The van der Waals surface area contributed by atoms with E-state index < -0.39 is 9.84 Å². The lowest BCUT2D eigenvalue weighted by Gasteiger charge is -2.38. The molecule has 138 valence electrons. The molecule has 9 heteroatoms. The average Bonchev–Trinajstić information content (AvgIpc) is 3.22. The number of carbonyl (C=O) groups is 1. The van der Waals surface area contributed by atoms with Crippen LogP contribution in [0, 0.1) is 0 Å². The van der Waals surface area contributed by atoms with E-state index in [1.54, 1.807) is 11.9 Å². The van der Waals surface area contributed by atoms with E-state index in [0.29, 0.717) is 25.4 Å². The van der Waals surface area contributed by atoms with Gasteiger partial charge in [0.05, 0.1) is 11.5 Å². The van der Waals surface area contributed by atoms with Crippen LogP contribution in [-0.4, -0.2) is 85.2 Å². The fraction of sp³-hybridized carbons (Fsp3) is 0.750. The van der Waals surface area contributed by atoms with Gasteiger partial charge in [-0.05, 0) is 19.3 Å². The summed E-state index contributed by atoms with van der Waals surface area (Å²) >= 11 is 0. The molecule has 2 amide bonds. The lowest BCUT2D eigenvalue weighted by Crippen LogP contribution is -2.54. The van der Waals surface area contributed by atoms with E-state index in [4.69, 9.17) is 0 Å². The number of amides is 2. The Labute approximate surface area is 148 Å². The van der Waals surface area contributed by atoms with Crippen LogP contribution in [-0.2, 0) is 9.84 Å². The summed E-state index contributed by atoms with van der Waals surface area (Å²) in [6, 6.07) is 1.87. The first kappa shape index (κ1) is 16.7. The van der Waals surface area contributed by atoms with Crippen molar-refractivity contribution in [3.63, 3.8) is 0 Å². The molecule has 25 heavy (non-hydrogen) atoms. The summed E-state index contributed by atoms with van der Waals surface area (Å²) in [4.78, 5) is 18.3. The summed E-state index contributed by atoms with van der Waals surface area (Å²) in [5.41, 5.74) is 1.22. The number of carbonyl (C=O) groups excluding carboxylic acids is 1. The molecular formula is C16H25N5O3S. The summed E-state index contributed by atoms with van der Waals surface area (Å²) in [6.07, 6.45) is 3.03. The number of sulfone groups is 1. The van der Waals surface area contributed by atoms with Crippen LogP contribution >= 0.6 is 0 Å². The first-order valence-electron chi connectivity index (χ1n) is 8.95. The maximum absolute atomic E-state index is 12.7. The van der Waals surface area contributed by atoms with Crippen molar-refractivity contribution in [3.8, 4) is 0 Å². The quantitative estimate of drug-likeness (QED) is 0.847. The molecule has 3 fully saturated rings. The largest absolute Gasteiger partial charge is 0.352 e. The van der Waals surface area contributed by atoms with Gasteiger partial charge in [0.15, 0.2) is 15.7 Å². The van der Waals surface area contributed by atoms with Crippen molar-refractivity contribution in [1.82, 2.24) is 20.0 Å². The van der Waals surface area contributed by atoms with Crippen molar-refractivity contribution >= 4 is 21.7 Å². The molecule has 3 heterocycles. The second-order valence-electron chi connectivity index (χ2n) is 7.38. The van der Waals surface area contributed by atoms with Crippen molar-refractivity contribution in [2.75, 3.05) is 49.6 Å². The smallest absolute Gasteiger partial charge is 0.320 e. The number of anilines is 1. The van der Waals surface area contributed by atoms with Gasteiger partial charge in [-0.3, -0.25) is 5.10 Å². The van der Waals surface area contributed by atoms with E-state index >= 15 is 0 Å². The molecular weight excluding hydrogens is 342 g/mol. The molecule has 3 aliphatic rings. The number of hydrogen-bond donors (Lipinski definition) is 1. The Morgan fingerprint density at radius 1 is 1.24 bits per heavy atom. The monoisotopic (exact) mass is 367 g/mol. The van der Waals surface area contributed by atoms with E-state index in [1.165, 1.54) is 18.5 Å². The van der Waals surface area contributed by atoms with Gasteiger partial charge in [-0.25, -0.2) is 13.2 Å². The van der Waals surface area contributed by atoms with Crippen LogP contribution in [0.5, 0.6) is 0 Å². The number of H-pyrrole nitrogens is 1. The summed E-state index contributed by atoms with van der Waals surface area (Å²) in [6.45, 7) is 2.76. The number of rotatable bonds is 3. The lowest BCUT2D eigenvalue weighted by molar-refractivity contribution is 0.147. The summed E-state index contributed by atoms with van der Waals surface area (Å²) in [5, 5.41) is 7.53. The molecule has 0 radical (unpaired) electrons. The van der Waals surface area contributed by atoms with Gasteiger partial charge < -0.3 is 14.7 Å². The third kappa shape index (κ3) is 3.47. The minimum atomic E-state index is -2.98. The van der Waals surface area contributed by atoms with Gasteiger partial charge in [-0.2, -0.15) is 5.10 Å². The number of aromatic nitrogens is 2. The van der Waals surface area contributed by atoms with Gasteiger partial charge in [0.1, 0.15) is 0 Å². The highest BCUT2D eigenvalue weighted by Gasteiger charge is 2.35. The van der Waals surface area contributed by atoms with Gasteiger partial charge in [0, 0.05) is 56.9 Å². The molecule has 2 saturated heterocycles. The number of nitrogens with zero attached hydrogens (tertiary/aromatic N) is 4. The maximum atomic E-state index is 12.7. The zero-order valence-electron chi connectivity index (χ0n) is 14.5. The zero-order chi connectivity index (χ0) is 17.6. The van der Waals surface area contributed by atoms with E-state index in [2.05, 4.69) is 21.2 Å². The van der Waals surface area contributed by atoms with Crippen LogP contribution in [0.3, 0.4) is 0 Å². The third-order valence-electron chi connectivity index (χ3n) is 5.53. The minimum Gasteiger partial charge on any atom is -0.352 e. The standard InChI is InChI=1S/C16H25N5O3S/c1-19(13-4-9-25(23,24)11-13)16(22)21-7-5-20(6-8-21)15-10-14(17-18-15)12-2-3-12/h10,12-13H,2-9,11H2,1H3,(H,17,18). The van der Waals surface area contributed by atoms with Gasteiger partial charge >= 0.3 is 6.03 Å². The van der Waals surface area contributed by atoms with Gasteiger partial charge in [0.2, 0.25) is 0 Å². The fourth-order valence-electron chi connectivity index (χ4n) is 3.68. The van der Waals surface area contributed by atoms with E-state index in [9.17, 15) is 13.2 Å². The van der Waals surface area contributed by atoms with Crippen LogP contribution in [0.4, 0.5) is 10.6 Å². The van der Waals surface area contributed by atoms with Crippen molar-refractivity contribution in [2.24, 2.45) is 0 Å². The van der Waals surface area contributed by atoms with Crippen molar-refractivity contribution in [3.05, 3.63) is 11.8 Å². The molecule has 1 atom stereocenters. The number of piperazine rings is 1. The predicted octanol–water partition coefficient (Wildman–Crippen LogP) is 0.648. The van der Waals surface area contributed by atoms with Crippen LogP contribution in [0.15, 0.2) is 6.07 Å². The van der Waals surface area contributed by atoms with Crippen LogP contribution in [0.1, 0.15) is 30.9 Å². The zero-order valence-corrected chi connectivity index (χ0v) is 15.3. The van der Waals surface area contributed by atoms with Gasteiger partial charge in [-0.15, -0.1) is 0 Å². The third-order valence-corrected chi connectivity index (χ3v) is 7.28. The molecule has 1 N–H and O–H groups in total. The second kappa shape index (κ2) is 6.19. The Balaban J connectivity index is 1.32. The molecule has 0 spiro atoms. The minimum absolute atomic E-state index is 0.0672. The molecule has 1 aromatic heterocycles. The number of urea groups is 1. The number of aromatic amines is 1. The number of hydrogen-bond acceptors (Lipinski definition) is 5. The molecule has 0 aromatic carbocycles. The van der Waals surface area contributed by atoms with Crippen LogP contribution in [0.25, 0.3) is 0 Å². The van der Waals surface area contributed by atoms with E-state index in [0.717, 1.165) is 18.9 Å². The molecule has 0 bridgehead atoms. The molecule has 1 saturated carbocycles. The first-order chi connectivity index (χ1) is 11.9. The molecule has 8 nitrogen and oxygen atoms in total. The molecule has 1 aromatic rings. The Bertz CT molecular complexity index is 750. The second-order valence-corrected chi connectivity index (χ2v) is 9.61. The average molecular weight is 367 g/mol. The highest BCUT2D eigenvalue weighted by molar-refractivity contribution is 7.91. The fourth-order valence-corrected chi connectivity index (χ4v) is 5.45.